The first-order valence-electron chi connectivity index (χ1n) is 7.23. The molecule has 3 rings (SSSR count). The van der Waals surface area contributed by atoms with E-state index >= 15 is 0 Å². The van der Waals surface area contributed by atoms with Crippen LogP contribution in [0, 0.1) is 0 Å². The molecule has 20 heavy (non-hydrogen) atoms. The van der Waals surface area contributed by atoms with E-state index in [1.54, 1.807) is 6.07 Å². The number of fused-ring (bicyclic) bond motifs is 1. The summed E-state index contributed by atoms with van der Waals surface area (Å²) in [6.45, 7) is 3.98. The van der Waals surface area contributed by atoms with E-state index < -0.39 is 0 Å². The zero-order valence-electron chi connectivity index (χ0n) is 11.5. The van der Waals surface area contributed by atoms with E-state index in [4.69, 9.17) is 5.73 Å². The number of hydrogen-bond donors (Lipinski definition) is 1. The highest BCUT2D eigenvalue weighted by molar-refractivity contribution is 9.10. The monoisotopic (exact) mass is 337 g/mol. The normalized spacial score (nSPS) is 23.4. The van der Waals surface area contributed by atoms with Crippen molar-refractivity contribution < 1.29 is 4.79 Å². The van der Waals surface area contributed by atoms with Crippen molar-refractivity contribution >= 4 is 27.5 Å². The second kappa shape index (κ2) is 5.74. The lowest BCUT2D eigenvalue weighted by molar-refractivity contribution is 0.0744. The Labute approximate surface area is 128 Å². The fourth-order valence-electron chi connectivity index (χ4n) is 3.29. The Morgan fingerprint density at radius 2 is 2.05 bits per heavy atom. The van der Waals surface area contributed by atoms with Crippen LogP contribution in [0.25, 0.3) is 0 Å². The summed E-state index contributed by atoms with van der Waals surface area (Å²) in [7, 11) is 0. The SMILES string of the molecule is Nc1cc(Br)ccc1C(=O)N1CCCN2CCCC2C1. The van der Waals surface area contributed by atoms with Crippen molar-refractivity contribution in [3.05, 3.63) is 28.2 Å². The van der Waals surface area contributed by atoms with Gasteiger partial charge in [0.15, 0.2) is 0 Å². The minimum atomic E-state index is 0.0729. The van der Waals surface area contributed by atoms with Crippen molar-refractivity contribution in [1.82, 2.24) is 9.80 Å². The Kier molecular flexibility index (Phi) is 3.98. The van der Waals surface area contributed by atoms with Crippen LogP contribution in [0.3, 0.4) is 0 Å². The molecule has 0 aliphatic carbocycles. The number of halogens is 1. The van der Waals surface area contributed by atoms with E-state index in [2.05, 4.69) is 20.8 Å². The number of rotatable bonds is 1. The van der Waals surface area contributed by atoms with Gasteiger partial charge in [-0.2, -0.15) is 0 Å². The Bertz CT molecular complexity index is 520. The number of amides is 1. The van der Waals surface area contributed by atoms with E-state index in [0.717, 1.165) is 30.5 Å². The van der Waals surface area contributed by atoms with Gasteiger partial charge in [0.25, 0.3) is 5.91 Å². The van der Waals surface area contributed by atoms with Gasteiger partial charge >= 0.3 is 0 Å². The van der Waals surface area contributed by atoms with Crippen molar-refractivity contribution in [2.24, 2.45) is 0 Å². The maximum atomic E-state index is 12.7. The summed E-state index contributed by atoms with van der Waals surface area (Å²) in [5.41, 5.74) is 7.16. The third kappa shape index (κ3) is 2.69. The van der Waals surface area contributed by atoms with Crippen molar-refractivity contribution in [3.8, 4) is 0 Å². The molecular weight excluding hydrogens is 318 g/mol. The van der Waals surface area contributed by atoms with Gasteiger partial charge in [0, 0.05) is 35.8 Å². The van der Waals surface area contributed by atoms with Crippen LogP contribution >= 0.6 is 15.9 Å². The standard InChI is InChI=1S/C15H20BrN3O/c16-11-4-5-13(14(17)9-11)15(20)19-8-2-7-18-6-1-3-12(18)10-19/h4-5,9,12H,1-3,6-8,10,17H2. The van der Waals surface area contributed by atoms with Crippen LogP contribution in [-0.4, -0.2) is 47.9 Å². The number of nitrogens with two attached hydrogens (primary N) is 1. The summed E-state index contributed by atoms with van der Waals surface area (Å²) >= 11 is 3.38. The molecule has 108 valence electrons. The number of carbonyl (C=O) groups is 1. The summed E-state index contributed by atoms with van der Waals surface area (Å²) in [4.78, 5) is 17.2. The summed E-state index contributed by atoms with van der Waals surface area (Å²) in [6, 6.07) is 6.04. The lowest BCUT2D eigenvalue weighted by Crippen LogP contribution is -2.39. The molecule has 1 atom stereocenters. The maximum Gasteiger partial charge on any atom is 0.255 e. The highest BCUT2D eigenvalue weighted by Crippen LogP contribution is 2.24. The molecular formula is C15H20BrN3O. The van der Waals surface area contributed by atoms with Gasteiger partial charge < -0.3 is 10.6 Å². The molecule has 1 aromatic carbocycles. The van der Waals surface area contributed by atoms with Crippen LogP contribution < -0.4 is 5.73 Å². The van der Waals surface area contributed by atoms with E-state index in [1.807, 2.05) is 17.0 Å². The topological polar surface area (TPSA) is 49.6 Å². The summed E-state index contributed by atoms with van der Waals surface area (Å²) in [6.07, 6.45) is 3.52. The molecule has 2 saturated heterocycles. The van der Waals surface area contributed by atoms with Crippen LogP contribution in [0.4, 0.5) is 5.69 Å². The summed E-state index contributed by atoms with van der Waals surface area (Å²) in [5, 5.41) is 0. The van der Waals surface area contributed by atoms with Crippen molar-refractivity contribution in [2.75, 3.05) is 31.9 Å². The van der Waals surface area contributed by atoms with E-state index in [-0.39, 0.29) is 5.91 Å². The summed E-state index contributed by atoms with van der Waals surface area (Å²) in [5.74, 6) is 0.0729. The van der Waals surface area contributed by atoms with Crippen LogP contribution in [0.2, 0.25) is 0 Å². The molecule has 1 aromatic rings. The molecule has 2 N–H and O–H groups in total. The fraction of sp³-hybridized carbons (Fsp3) is 0.533. The predicted octanol–water partition coefficient (Wildman–Crippen LogP) is 2.34. The Hall–Kier alpha value is -1.07. The molecule has 2 heterocycles. The second-order valence-corrected chi connectivity index (χ2v) is 6.58. The zero-order valence-corrected chi connectivity index (χ0v) is 13.1. The van der Waals surface area contributed by atoms with Gasteiger partial charge in [0.05, 0.1) is 5.56 Å². The van der Waals surface area contributed by atoms with E-state index in [1.165, 1.54) is 19.4 Å². The third-order valence-corrected chi connectivity index (χ3v) is 4.83. The van der Waals surface area contributed by atoms with Crippen molar-refractivity contribution in [2.45, 2.75) is 25.3 Å². The molecule has 0 bridgehead atoms. The van der Waals surface area contributed by atoms with Gasteiger partial charge in [-0.25, -0.2) is 0 Å². The van der Waals surface area contributed by atoms with E-state index in [0.29, 0.717) is 17.3 Å². The molecule has 0 aromatic heterocycles. The lowest BCUT2D eigenvalue weighted by atomic mass is 10.1. The number of hydrogen-bond acceptors (Lipinski definition) is 3. The van der Waals surface area contributed by atoms with Gasteiger partial charge in [-0.15, -0.1) is 0 Å². The highest BCUT2D eigenvalue weighted by atomic mass is 79.9. The van der Waals surface area contributed by atoms with Crippen molar-refractivity contribution in [1.29, 1.82) is 0 Å². The minimum Gasteiger partial charge on any atom is -0.398 e. The molecule has 4 nitrogen and oxygen atoms in total. The molecule has 1 amide bonds. The Balaban J connectivity index is 1.79. The average Bonchev–Trinajstić information content (AvgIpc) is 2.75. The number of nitrogen functional groups attached to an aromatic ring is 1. The summed E-state index contributed by atoms with van der Waals surface area (Å²) < 4.78 is 0.907. The van der Waals surface area contributed by atoms with Gasteiger partial charge in [0.2, 0.25) is 0 Å². The number of anilines is 1. The highest BCUT2D eigenvalue weighted by Gasteiger charge is 2.31. The first-order valence-corrected chi connectivity index (χ1v) is 8.03. The van der Waals surface area contributed by atoms with Gasteiger partial charge in [-0.1, -0.05) is 15.9 Å². The first-order chi connectivity index (χ1) is 9.65. The molecule has 2 fully saturated rings. The van der Waals surface area contributed by atoms with Crippen LogP contribution in [0.15, 0.2) is 22.7 Å². The smallest absolute Gasteiger partial charge is 0.255 e. The lowest BCUT2D eigenvalue weighted by Gasteiger charge is -2.26. The predicted molar refractivity (Wildman–Crippen MR) is 83.7 cm³/mol. The van der Waals surface area contributed by atoms with Gasteiger partial charge in [0.1, 0.15) is 0 Å². The second-order valence-electron chi connectivity index (χ2n) is 5.67. The van der Waals surface area contributed by atoms with Crippen LogP contribution in [-0.2, 0) is 0 Å². The zero-order chi connectivity index (χ0) is 14.1. The van der Waals surface area contributed by atoms with Crippen LogP contribution in [0.1, 0.15) is 29.6 Å². The Morgan fingerprint density at radius 3 is 2.85 bits per heavy atom. The van der Waals surface area contributed by atoms with Gasteiger partial charge in [-0.05, 0) is 44.0 Å². The molecule has 1 unspecified atom stereocenters. The van der Waals surface area contributed by atoms with Crippen LogP contribution in [0.5, 0.6) is 0 Å². The molecule has 0 spiro atoms. The fourth-order valence-corrected chi connectivity index (χ4v) is 3.67. The Morgan fingerprint density at radius 1 is 1.25 bits per heavy atom. The number of carbonyl (C=O) groups excluding carboxylic acids is 1. The quantitative estimate of drug-likeness (QED) is 0.800. The van der Waals surface area contributed by atoms with E-state index in [9.17, 15) is 4.79 Å². The average molecular weight is 338 g/mol. The van der Waals surface area contributed by atoms with Gasteiger partial charge in [-0.3, -0.25) is 9.69 Å². The maximum absolute atomic E-state index is 12.7. The third-order valence-electron chi connectivity index (χ3n) is 4.33. The molecule has 0 saturated carbocycles. The largest absolute Gasteiger partial charge is 0.398 e. The molecule has 2 aliphatic heterocycles. The first kappa shape index (κ1) is 13.9. The minimum absolute atomic E-state index is 0.0729. The number of nitrogens with zero attached hydrogens (tertiary/aromatic N) is 2. The molecule has 2 aliphatic rings. The van der Waals surface area contributed by atoms with Crippen molar-refractivity contribution in [3.63, 3.8) is 0 Å². The number of benzene rings is 1. The molecule has 5 heteroatoms. The molecule has 0 radical (unpaired) electrons.